The number of fused-ring (bicyclic) bond motifs is 3. The van der Waals surface area contributed by atoms with Gasteiger partial charge in [-0.25, -0.2) is 0 Å². The minimum absolute atomic E-state index is 0.112. The zero-order valence-electron chi connectivity index (χ0n) is 13.6. The molecule has 0 fully saturated rings. The lowest BCUT2D eigenvalue weighted by molar-refractivity contribution is -0.143. The summed E-state index contributed by atoms with van der Waals surface area (Å²) in [6, 6.07) is 6.10. The summed E-state index contributed by atoms with van der Waals surface area (Å²) in [6.45, 7) is 6.46. The first-order valence-corrected chi connectivity index (χ1v) is 8.26. The topological polar surface area (TPSA) is 51.3 Å². The molecule has 0 radical (unpaired) electrons. The molecule has 0 amide bonds. The van der Waals surface area contributed by atoms with Crippen LogP contribution in [0.25, 0.3) is 10.9 Å². The van der Waals surface area contributed by atoms with Gasteiger partial charge in [0, 0.05) is 22.5 Å². The van der Waals surface area contributed by atoms with E-state index in [1.807, 2.05) is 19.1 Å². The predicted octanol–water partition coefficient (Wildman–Crippen LogP) is 4.11. The van der Waals surface area contributed by atoms with Crippen LogP contribution in [0.15, 0.2) is 30.9 Å². The van der Waals surface area contributed by atoms with Gasteiger partial charge in [-0.3, -0.25) is 4.79 Å². The first-order valence-electron chi connectivity index (χ1n) is 8.26. The Balaban J connectivity index is 1.90. The Labute approximate surface area is 136 Å². The predicted molar refractivity (Wildman–Crippen MR) is 90.9 cm³/mol. The summed E-state index contributed by atoms with van der Waals surface area (Å²) in [6.07, 6.45) is 5.36. The van der Waals surface area contributed by atoms with E-state index in [0.29, 0.717) is 19.6 Å². The van der Waals surface area contributed by atoms with Gasteiger partial charge in [-0.05, 0) is 49.9 Å². The Morgan fingerprint density at radius 3 is 3.13 bits per heavy atom. The molecule has 3 rings (SSSR count). The smallest absolute Gasteiger partial charge is 0.306 e. The summed E-state index contributed by atoms with van der Waals surface area (Å²) in [5, 5.41) is 1.20. The molecule has 0 spiro atoms. The van der Waals surface area contributed by atoms with Crippen molar-refractivity contribution in [1.29, 1.82) is 0 Å². The van der Waals surface area contributed by atoms with Crippen LogP contribution >= 0.6 is 0 Å². The summed E-state index contributed by atoms with van der Waals surface area (Å²) in [5.74, 6) is 0.966. The van der Waals surface area contributed by atoms with Crippen molar-refractivity contribution < 1.29 is 14.3 Å². The van der Waals surface area contributed by atoms with E-state index in [0.717, 1.165) is 30.5 Å². The van der Waals surface area contributed by atoms with Gasteiger partial charge in [0.2, 0.25) is 0 Å². The van der Waals surface area contributed by atoms with E-state index in [1.165, 1.54) is 16.6 Å². The Morgan fingerprint density at radius 1 is 1.48 bits per heavy atom. The summed E-state index contributed by atoms with van der Waals surface area (Å²) in [5.41, 5.74) is 3.63. The van der Waals surface area contributed by atoms with Crippen molar-refractivity contribution in [3.8, 4) is 5.75 Å². The number of rotatable bonds is 6. The van der Waals surface area contributed by atoms with Gasteiger partial charge in [-0.15, -0.1) is 0 Å². The molecule has 1 heterocycles. The van der Waals surface area contributed by atoms with Crippen molar-refractivity contribution in [3.05, 3.63) is 42.1 Å². The molecule has 1 aliphatic carbocycles. The van der Waals surface area contributed by atoms with Crippen LogP contribution in [0.5, 0.6) is 5.75 Å². The normalized spacial score (nSPS) is 16.8. The number of aromatic amines is 1. The van der Waals surface area contributed by atoms with Gasteiger partial charge in [-0.2, -0.15) is 0 Å². The molecule has 1 atom stereocenters. The lowest BCUT2D eigenvalue weighted by Gasteiger charge is -2.21. The van der Waals surface area contributed by atoms with Crippen LogP contribution in [0.3, 0.4) is 0 Å². The molecule has 0 aliphatic heterocycles. The second-order valence-corrected chi connectivity index (χ2v) is 5.92. The van der Waals surface area contributed by atoms with E-state index in [-0.39, 0.29) is 11.9 Å². The van der Waals surface area contributed by atoms with Gasteiger partial charge >= 0.3 is 5.97 Å². The number of ether oxygens (including phenoxy) is 2. The van der Waals surface area contributed by atoms with E-state index in [2.05, 4.69) is 17.6 Å². The number of hydrogen-bond donors (Lipinski definition) is 1. The minimum atomic E-state index is -0.112. The molecule has 122 valence electrons. The van der Waals surface area contributed by atoms with E-state index < -0.39 is 0 Å². The Hall–Kier alpha value is -2.23. The first-order chi connectivity index (χ1) is 11.2. The van der Waals surface area contributed by atoms with Crippen LogP contribution in [0.4, 0.5) is 0 Å². The number of carbonyl (C=O) groups is 1. The number of esters is 1. The number of aryl methyl sites for hydroxylation is 1. The third-order valence-electron chi connectivity index (χ3n) is 4.38. The van der Waals surface area contributed by atoms with Crippen molar-refractivity contribution in [1.82, 2.24) is 4.98 Å². The highest BCUT2D eigenvalue weighted by atomic mass is 16.5. The molecule has 0 saturated carbocycles. The fraction of sp³-hybridized carbons (Fsp3) is 0.421. The van der Waals surface area contributed by atoms with Gasteiger partial charge in [0.05, 0.1) is 13.0 Å². The Kier molecular flexibility index (Phi) is 4.70. The zero-order chi connectivity index (χ0) is 16.2. The van der Waals surface area contributed by atoms with Gasteiger partial charge in [-0.1, -0.05) is 12.7 Å². The van der Waals surface area contributed by atoms with Crippen LogP contribution < -0.4 is 4.74 Å². The molecule has 4 nitrogen and oxygen atoms in total. The quantitative estimate of drug-likeness (QED) is 0.645. The highest BCUT2D eigenvalue weighted by Crippen LogP contribution is 2.38. The van der Waals surface area contributed by atoms with E-state index in [4.69, 9.17) is 9.47 Å². The summed E-state index contributed by atoms with van der Waals surface area (Å²) in [7, 11) is 0. The van der Waals surface area contributed by atoms with E-state index >= 15 is 0 Å². The van der Waals surface area contributed by atoms with Crippen LogP contribution in [-0.2, 0) is 16.0 Å². The SMILES string of the molecule is C=CCOc1ccc2[nH]c3c(c2c1)CCCC3CC(=O)OCC. The molecule has 1 aromatic carbocycles. The number of hydrogen-bond acceptors (Lipinski definition) is 3. The first kappa shape index (κ1) is 15.7. The van der Waals surface area contributed by atoms with E-state index in [9.17, 15) is 4.79 Å². The molecule has 0 saturated heterocycles. The van der Waals surface area contributed by atoms with Gasteiger partial charge in [0.25, 0.3) is 0 Å². The monoisotopic (exact) mass is 313 g/mol. The number of carbonyl (C=O) groups excluding carboxylic acids is 1. The van der Waals surface area contributed by atoms with Gasteiger partial charge in [0.15, 0.2) is 0 Å². The molecule has 4 heteroatoms. The molecule has 1 N–H and O–H groups in total. The van der Waals surface area contributed by atoms with Crippen molar-refractivity contribution in [2.24, 2.45) is 0 Å². The number of nitrogens with one attached hydrogen (secondary N) is 1. The van der Waals surface area contributed by atoms with Crippen LogP contribution in [-0.4, -0.2) is 24.2 Å². The maximum absolute atomic E-state index is 11.8. The maximum Gasteiger partial charge on any atom is 0.306 e. The molecule has 1 aliphatic rings. The summed E-state index contributed by atoms with van der Waals surface area (Å²) < 4.78 is 10.8. The molecule has 1 unspecified atom stereocenters. The zero-order valence-corrected chi connectivity index (χ0v) is 13.6. The molecule has 0 bridgehead atoms. The van der Waals surface area contributed by atoms with E-state index in [1.54, 1.807) is 6.08 Å². The maximum atomic E-state index is 11.8. The second kappa shape index (κ2) is 6.90. The third-order valence-corrected chi connectivity index (χ3v) is 4.38. The van der Waals surface area contributed by atoms with Gasteiger partial charge < -0.3 is 14.5 Å². The second-order valence-electron chi connectivity index (χ2n) is 5.92. The fourth-order valence-electron chi connectivity index (χ4n) is 3.41. The Bertz CT molecular complexity index is 717. The van der Waals surface area contributed by atoms with Crippen molar-refractivity contribution in [2.45, 2.75) is 38.5 Å². The van der Waals surface area contributed by atoms with Crippen LogP contribution in [0, 0.1) is 0 Å². The molecule has 23 heavy (non-hydrogen) atoms. The Morgan fingerprint density at radius 2 is 2.35 bits per heavy atom. The average Bonchev–Trinajstić information content (AvgIpc) is 2.92. The average molecular weight is 313 g/mol. The van der Waals surface area contributed by atoms with Crippen molar-refractivity contribution >= 4 is 16.9 Å². The lowest BCUT2D eigenvalue weighted by Crippen LogP contribution is -2.15. The van der Waals surface area contributed by atoms with Crippen LogP contribution in [0.2, 0.25) is 0 Å². The lowest BCUT2D eigenvalue weighted by atomic mass is 9.85. The molecular weight excluding hydrogens is 290 g/mol. The minimum Gasteiger partial charge on any atom is -0.490 e. The highest BCUT2D eigenvalue weighted by Gasteiger charge is 2.26. The number of H-pyrrole nitrogens is 1. The standard InChI is InChI=1S/C19H23NO3/c1-3-10-23-14-8-9-17-16(12-14)15-7-5-6-13(19(15)20-17)11-18(21)22-4-2/h3,8-9,12-13,20H,1,4-7,10-11H2,2H3. The highest BCUT2D eigenvalue weighted by molar-refractivity contribution is 5.87. The van der Waals surface area contributed by atoms with Crippen LogP contribution in [0.1, 0.15) is 43.4 Å². The number of aromatic nitrogens is 1. The molecule has 1 aromatic heterocycles. The van der Waals surface area contributed by atoms with Crippen molar-refractivity contribution in [2.75, 3.05) is 13.2 Å². The third kappa shape index (κ3) is 3.26. The summed E-state index contributed by atoms with van der Waals surface area (Å²) >= 11 is 0. The molecular formula is C19H23NO3. The summed E-state index contributed by atoms with van der Waals surface area (Å²) in [4.78, 5) is 15.4. The van der Waals surface area contributed by atoms with Gasteiger partial charge in [0.1, 0.15) is 12.4 Å². The number of benzene rings is 1. The van der Waals surface area contributed by atoms with Crippen molar-refractivity contribution in [3.63, 3.8) is 0 Å². The largest absolute Gasteiger partial charge is 0.490 e. The fourth-order valence-corrected chi connectivity index (χ4v) is 3.41. The molecule has 2 aromatic rings.